The van der Waals surface area contributed by atoms with Crippen LogP contribution in [0.25, 0.3) is 22.5 Å². The van der Waals surface area contributed by atoms with Crippen LogP contribution in [0.3, 0.4) is 0 Å². The minimum Gasteiger partial charge on any atom is -0.316 e. The van der Waals surface area contributed by atoms with Gasteiger partial charge in [-0.15, -0.1) is 0 Å². The highest BCUT2D eigenvalue weighted by Crippen LogP contribution is 2.45. The highest BCUT2D eigenvalue weighted by atomic mass is 32.2. The lowest BCUT2D eigenvalue weighted by atomic mass is 9.74. The van der Waals surface area contributed by atoms with Crippen LogP contribution in [0, 0.1) is 11.1 Å². The smallest absolute Gasteiger partial charge is 0.274 e. The standard InChI is InChI=1S/C32H28N6O6S2/c33-31(25-7-3-1-5-23(25)27(37-35)17-29(31)45(39,40)41)21-13-9-19(10-14-21)20-11-15-22(16-12-20)32(34)26-8-4-2-6-24(26)28(38-36)18-30(32)46(42,43)44/h1-18,29-30,35-36H,33-34H2,(H,39,40,41)(H,42,43,44). The zero-order valence-electron chi connectivity index (χ0n) is 23.9. The molecule has 4 aromatic carbocycles. The van der Waals surface area contributed by atoms with Crippen molar-refractivity contribution >= 4 is 31.6 Å². The minimum absolute atomic E-state index is 0.0753. The summed E-state index contributed by atoms with van der Waals surface area (Å²) < 4.78 is 70.6. The van der Waals surface area contributed by atoms with Crippen LogP contribution in [-0.2, 0) is 31.3 Å². The van der Waals surface area contributed by atoms with Crippen LogP contribution in [-0.4, -0.2) is 36.4 Å². The molecule has 0 amide bonds. The van der Waals surface area contributed by atoms with Crippen LogP contribution in [0.5, 0.6) is 0 Å². The predicted octanol–water partition coefficient (Wildman–Crippen LogP) is 5.04. The fourth-order valence-corrected chi connectivity index (χ4v) is 8.59. The number of nitrogens with one attached hydrogen (secondary N) is 2. The highest BCUT2D eigenvalue weighted by molar-refractivity contribution is 7.87. The normalized spacial score (nSPS) is 24.2. The van der Waals surface area contributed by atoms with E-state index in [-0.39, 0.29) is 11.4 Å². The Morgan fingerprint density at radius 2 is 0.891 bits per heavy atom. The van der Waals surface area contributed by atoms with Crippen molar-refractivity contribution in [1.82, 2.24) is 0 Å². The van der Waals surface area contributed by atoms with Crippen molar-refractivity contribution < 1.29 is 25.9 Å². The van der Waals surface area contributed by atoms with Crippen molar-refractivity contribution in [1.29, 1.82) is 11.1 Å². The molecule has 4 atom stereocenters. The fourth-order valence-electron chi connectivity index (χ4n) is 6.52. The summed E-state index contributed by atoms with van der Waals surface area (Å²) in [7, 11) is -9.46. The van der Waals surface area contributed by atoms with E-state index in [1.54, 1.807) is 97.1 Å². The van der Waals surface area contributed by atoms with Crippen molar-refractivity contribution in [3.63, 3.8) is 0 Å². The third-order valence-electron chi connectivity index (χ3n) is 8.75. The van der Waals surface area contributed by atoms with Gasteiger partial charge in [0.2, 0.25) is 0 Å². The second-order valence-electron chi connectivity index (χ2n) is 11.2. The first-order chi connectivity index (χ1) is 21.7. The van der Waals surface area contributed by atoms with E-state index >= 15 is 0 Å². The van der Waals surface area contributed by atoms with E-state index in [0.717, 1.165) is 0 Å². The Morgan fingerprint density at radius 1 is 0.565 bits per heavy atom. The van der Waals surface area contributed by atoms with E-state index in [9.17, 15) is 25.9 Å². The second kappa shape index (κ2) is 11.0. The van der Waals surface area contributed by atoms with Crippen LogP contribution >= 0.6 is 0 Å². The van der Waals surface area contributed by atoms with Crippen LogP contribution in [0.1, 0.15) is 33.4 Å². The molecule has 0 heterocycles. The van der Waals surface area contributed by atoms with Gasteiger partial charge in [-0.3, -0.25) is 9.11 Å². The summed E-state index contributed by atoms with van der Waals surface area (Å²) >= 11 is 0. The van der Waals surface area contributed by atoms with Gasteiger partial charge in [-0.25, -0.2) is 11.1 Å². The Labute approximate surface area is 265 Å². The average Bonchev–Trinajstić information content (AvgIpc) is 3.04. The third-order valence-corrected chi connectivity index (χ3v) is 11.1. The van der Waals surface area contributed by atoms with Gasteiger partial charge in [0, 0.05) is 11.1 Å². The van der Waals surface area contributed by atoms with E-state index in [2.05, 4.69) is 10.2 Å². The van der Waals surface area contributed by atoms with E-state index in [4.69, 9.17) is 22.5 Å². The molecule has 6 rings (SSSR count). The molecule has 0 aromatic heterocycles. The Bertz CT molecular complexity index is 2030. The molecule has 0 saturated heterocycles. The summed E-state index contributed by atoms with van der Waals surface area (Å²) in [4.78, 5) is 0. The molecule has 4 unspecified atom stereocenters. The summed E-state index contributed by atoms with van der Waals surface area (Å²) in [6.45, 7) is 0. The first-order valence-electron chi connectivity index (χ1n) is 13.8. The molecule has 4 aromatic rings. The molecular weight excluding hydrogens is 629 g/mol. The Morgan fingerprint density at radius 3 is 1.20 bits per heavy atom. The molecule has 0 aliphatic heterocycles. The highest BCUT2D eigenvalue weighted by Gasteiger charge is 2.50. The van der Waals surface area contributed by atoms with Gasteiger partial charge in [0.05, 0.1) is 22.5 Å². The topological polar surface area (TPSA) is 233 Å². The first kappa shape index (κ1) is 31.3. The second-order valence-corrected chi connectivity index (χ2v) is 14.3. The molecule has 0 radical (unpaired) electrons. The molecule has 8 N–H and O–H groups in total. The molecular formula is C32H28N6O6S2. The fraction of sp³-hybridized carbons (Fsp3) is 0.125. The van der Waals surface area contributed by atoms with Crippen molar-refractivity contribution in [2.24, 2.45) is 21.7 Å². The molecule has 0 bridgehead atoms. The number of nitrogens with two attached hydrogens (primary N) is 2. The Kier molecular flexibility index (Phi) is 7.47. The van der Waals surface area contributed by atoms with Crippen LogP contribution in [0.2, 0.25) is 0 Å². The summed E-state index contributed by atoms with van der Waals surface area (Å²) in [5.74, 6) is 0. The van der Waals surface area contributed by atoms with Crippen LogP contribution in [0.15, 0.2) is 119 Å². The summed E-state index contributed by atoms with van der Waals surface area (Å²) in [5.41, 5.74) is 29.5. The lowest BCUT2D eigenvalue weighted by Gasteiger charge is -2.39. The van der Waals surface area contributed by atoms with Gasteiger partial charge in [0.15, 0.2) is 0 Å². The predicted molar refractivity (Wildman–Crippen MR) is 172 cm³/mol. The quantitative estimate of drug-likeness (QED) is 0.116. The van der Waals surface area contributed by atoms with Crippen LogP contribution in [0.4, 0.5) is 0 Å². The average molecular weight is 657 g/mol. The zero-order valence-corrected chi connectivity index (χ0v) is 25.6. The number of hydrogen-bond acceptors (Lipinski definition) is 10. The number of benzene rings is 4. The maximum Gasteiger partial charge on any atom is 0.274 e. The molecule has 0 saturated carbocycles. The zero-order chi connectivity index (χ0) is 33.1. The molecule has 46 heavy (non-hydrogen) atoms. The number of hydrogen-bond donors (Lipinski definition) is 6. The molecule has 0 spiro atoms. The summed E-state index contributed by atoms with van der Waals surface area (Å²) in [5, 5.41) is 3.69. The maximum absolute atomic E-state index is 12.6. The molecule has 2 aliphatic rings. The monoisotopic (exact) mass is 656 g/mol. The van der Waals surface area contributed by atoms with Gasteiger partial charge < -0.3 is 11.5 Å². The van der Waals surface area contributed by atoms with Gasteiger partial charge in [-0.05, 0) is 45.5 Å². The lowest BCUT2D eigenvalue weighted by Crippen LogP contribution is -2.53. The molecule has 0 fully saturated rings. The van der Waals surface area contributed by atoms with Crippen LogP contribution < -0.4 is 11.5 Å². The van der Waals surface area contributed by atoms with Crippen molar-refractivity contribution in [2.45, 2.75) is 21.6 Å². The molecule has 12 nitrogen and oxygen atoms in total. The van der Waals surface area contributed by atoms with E-state index in [1.165, 1.54) is 12.2 Å². The largest absolute Gasteiger partial charge is 0.316 e. The SMILES string of the molecule is N=NC1=CC(S(=O)(=O)O)C(N)(c2ccc(-c3ccc(C4(N)c5ccccc5C(N=N)=CC4S(=O)(=O)O)cc3)cc2)c2ccccc21. The van der Waals surface area contributed by atoms with Gasteiger partial charge in [0.25, 0.3) is 20.2 Å². The first-order valence-corrected chi connectivity index (χ1v) is 16.9. The molecule has 14 heteroatoms. The van der Waals surface area contributed by atoms with Gasteiger partial charge in [0.1, 0.15) is 10.5 Å². The Balaban J connectivity index is 1.41. The van der Waals surface area contributed by atoms with Crippen molar-refractivity contribution in [3.8, 4) is 11.1 Å². The summed E-state index contributed by atoms with van der Waals surface area (Å²) in [6.07, 6.45) is 2.36. The summed E-state index contributed by atoms with van der Waals surface area (Å²) in [6, 6.07) is 27.0. The molecule has 234 valence electrons. The number of nitrogens with zero attached hydrogens (tertiary/aromatic N) is 2. The van der Waals surface area contributed by atoms with Crippen molar-refractivity contribution in [3.05, 3.63) is 143 Å². The van der Waals surface area contributed by atoms with Gasteiger partial charge >= 0.3 is 0 Å². The molecule has 2 aliphatic carbocycles. The minimum atomic E-state index is -4.73. The van der Waals surface area contributed by atoms with E-state index in [1.807, 2.05) is 0 Å². The Hall–Kier alpha value is -4.70. The van der Waals surface area contributed by atoms with Gasteiger partial charge in [-0.2, -0.15) is 27.1 Å². The number of fused-ring (bicyclic) bond motifs is 2. The van der Waals surface area contributed by atoms with E-state index < -0.39 is 41.8 Å². The van der Waals surface area contributed by atoms with E-state index in [0.29, 0.717) is 44.5 Å². The van der Waals surface area contributed by atoms with Crippen molar-refractivity contribution in [2.75, 3.05) is 0 Å². The lowest BCUT2D eigenvalue weighted by molar-refractivity contribution is 0.436. The maximum atomic E-state index is 12.6. The number of rotatable bonds is 7. The van der Waals surface area contributed by atoms with Gasteiger partial charge in [-0.1, -0.05) is 97.1 Å². The third kappa shape index (κ3) is 4.83.